The quantitative estimate of drug-likeness (QED) is 0.804. The van der Waals surface area contributed by atoms with E-state index in [1.807, 2.05) is 6.08 Å². The van der Waals surface area contributed by atoms with Crippen LogP contribution >= 0.6 is 0 Å². The van der Waals surface area contributed by atoms with E-state index < -0.39 is 53.4 Å². The zero-order valence-corrected chi connectivity index (χ0v) is 14.4. The van der Waals surface area contributed by atoms with E-state index in [2.05, 4.69) is 0 Å². The average Bonchev–Trinajstić information content (AvgIpc) is 3.35. The lowest BCUT2D eigenvalue weighted by Crippen LogP contribution is -2.58. The van der Waals surface area contributed by atoms with Crippen molar-refractivity contribution in [2.45, 2.75) is 37.6 Å². The Labute approximate surface area is 149 Å². The predicted octanol–water partition coefficient (Wildman–Crippen LogP) is 1.41. The van der Waals surface area contributed by atoms with Gasteiger partial charge in [0, 0.05) is 11.8 Å². The molecule has 136 valence electrons. The molecule has 0 radical (unpaired) electrons. The van der Waals surface area contributed by atoms with Crippen LogP contribution in [0.2, 0.25) is 0 Å². The summed E-state index contributed by atoms with van der Waals surface area (Å²) >= 11 is 0. The summed E-state index contributed by atoms with van der Waals surface area (Å²) in [6, 6.07) is 2.41. The van der Waals surface area contributed by atoms with Gasteiger partial charge >= 0.3 is 5.97 Å². The lowest BCUT2D eigenvalue weighted by atomic mass is 9.69. The lowest BCUT2D eigenvalue weighted by molar-refractivity contribution is -0.156. The van der Waals surface area contributed by atoms with Crippen LogP contribution in [-0.4, -0.2) is 45.4 Å². The number of aliphatic carboxylic acids is 1. The van der Waals surface area contributed by atoms with Crippen LogP contribution in [0.3, 0.4) is 0 Å². The number of ketones is 1. The fourth-order valence-electron chi connectivity index (χ4n) is 5.65. The Bertz CT molecular complexity index is 844. The molecule has 3 fully saturated rings. The molecule has 5 heterocycles. The molecule has 1 N–H and O–H groups in total. The number of rotatable bonds is 2. The summed E-state index contributed by atoms with van der Waals surface area (Å²) in [6.07, 6.45) is 4.43. The van der Waals surface area contributed by atoms with Gasteiger partial charge in [-0.05, 0) is 12.1 Å². The third-order valence-electron chi connectivity index (χ3n) is 6.63. The maximum absolute atomic E-state index is 13.4. The number of fused-ring (bicyclic) bond motifs is 2. The van der Waals surface area contributed by atoms with Crippen molar-refractivity contribution in [3.8, 4) is 0 Å². The van der Waals surface area contributed by atoms with Crippen molar-refractivity contribution in [3.63, 3.8) is 0 Å². The van der Waals surface area contributed by atoms with Crippen molar-refractivity contribution in [1.82, 2.24) is 4.90 Å². The molecule has 8 atom stereocenters. The first-order valence-electron chi connectivity index (χ1n) is 8.88. The zero-order chi connectivity index (χ0) is 18.4. The minimum absolute atomic E-state index is 0.0368. The van der Waals surface area contributed by atoms with E-state index in [-0.39, 0.29) is 11.7 Å². The number of furan rings is 1. The minimum atomic E-state index is -1.05. The predicted molar refractivity (Wildman–Crippen MR) is 86.8 cm³/mol. The van der Waals surface area contributed by atoms with Crippen LogP contribution < -0.4 is 0 Å². The number of Topliss-reactive ketones (excluding diaryl/α,β-unsaturated/α-hetero) is 1. The molecule has 1 spiro atoms. The third-order valence-corrected chi connectivity index (χ3v) is 6.63. The maximum atomic E-state index is 13.4. The molecule has 4 aliphatic rings. The third kappa shape index (κ3) is 1.60. The molecule has 0 aromatic carbocycles. The van der Waals surface area contributed by atoms with E-state index in [0.29, 0.717) is 5.76 Å². The number of piperidine rings is 1. The second-order valence-corrected chi connectivity index (χ2v) is 7.77. The first-order chi connectivity index (χ1) is 12.4. The van der Waals surface area contributed by atoms with E-state index in [1.54, 1.807) is 37.0 Å². The van der Waals surface area contributed by atoms with E-state index in [0.717, 1.165) is 0 Å². The van der Waals surface area contributed by atoms with Gasteiger partial charge in [0.2, 0.25) is 5.91 Å². The van der Waals surface area contributed by atoms with Gasteiger partial charge in [-0.1, -0.05) is 26.0 Å². The molecule has 7 heteroatoms. The SMILES string of the molecule is C[C@@H]1C(=O)[C@H](C)[C@H]2N(C(=O)[C@@H]3[C@@H](C(=O)O)[C@H]4C=C[C@]32O4)[C@H]1c1ccco1. The Morgan fingerprint density at radius 1 is 1.27 bits per heavy atom. The summed E-state index contributed by atoms with van der Waals surface area (Å²) in [6.45, 7) is 3.60. The van der Waals surface area contributed by atoms with Gasteiger partial charge in [-0.25, -0.2) is 0 Å². The van der Waals surface area contributed by atoms with Gasteiger partial charge < -0.3 is 19.2 Å². The Kier molecular flexibility index (Phi) is 2.95. The van der Waals surface area contributed by atoms with Crippen molar-refractivity contribution in [3.05, 3.63) is 36.3 Å². The van der Waals surface area contributed by atoms with Crippen molar-refractivity contribution < 1.29 is 28.6 Å². The average molecular weight is 357 g/mol. The Morgan fingerprint density at radius 3 is 2.69 bits per heavy atom. The number of amides is 1. The molecule has 7 nitrogen and oxygen atoms in total. The van der Waals surface area contributed by atoms with Gasteiger partial charge in [0.05, 0.1) is 30.4 Å². The first kappa shape index (κ1) is 15.8. The van der Waals surface area contributed by atoms with Crippen LogP contribution in [-0.2, 0) is 19.1 Å². The van der Waals surface area contributed by atoms with Crippen molar-refractivity contribution in [2.75, 3.05) is 0 Å². The molecule has 0 saturated carbocycles. The first-order valence-corrected chi connectivity index (χ1v) is 8.88. The van der Waals surface area contributed by atoms with Gasteiger partial charge in [-0.15, -0.1) is 0 Å². The molecule has 0 aliphatic carbocycles. The molecule has 1 amide bonds. The molecular formula is C19H19NO6. The summed E-state index contributed by atoms with van der Waals surface area (Å²) in [7, 11) is 0. The van der Waals surface area contributed by atoms with Gasteiger partial charge in [-0.3, -0.25) is 14.4 Å². The van der Waals surface area contributed by atoms with Crippen LogP contribution in [0.5, 0.6) is 0 Å². The van der Waals surface area contributed by atoms with Gasteiger partial charge in [0.15, 0.2) is 0 Å². The van der Waals surface area contributed by atoms with Crippen LogP contribution in [0.1, 0.15) is 25.6 Å². The number of carbonyl (C=O) groups excluding carboxylic acids is 2. The van der Waals surface area contributed by atoms with E-state index >= 15 is 0 Å². The summed E-state index contributed by atoms with van der Waals surface area (Å²) in [4.78, 5) is 39.9. The van der Waals surface area contributed by atoms with Crippen LogP contribution in [0.25, 0.3) is 0 Å². The van der Waals surface area contributed by atoms with E-state index in [9.17, 15) is 19.5 Å². The normalized spacial score (nSPS) is 45.9. The second-order valence-electron chi connectivity index (χ2n) is 7.77. The minimum Gasteiger partial charge on any atom is -0.481 e. The van der Waals surface area contributed by atoms with Crippen molar-refractivity contribution in [2.24, 2.45) is 23.7 Å². The molecule has 4 aliphatic heterocycles. The number of nitrogens with zero attached hydrogens (tertiary/aromatic N) is 1. The molecule has 5 rings (SSSR count). The highest BCUT2D eigenvalue weighted by atomic mass is 16.5. The maximum Gasteiger partial charge on any atom is 0.310 e. The number of carboxylic acid groups (broad SMARTS) is 1. The van der Waals surface area contributed by atoms with Crippen molar-refractivity contribution >= 4 is 17.7 Å². The molecule has 1 aromatic rings. The van der Waals surface area contributed by atoms with E-state index in [4.69, 9.17) is 9.15 Å². The Hall–Kier alpha value is -2.41. The topological polar surface area (TPSA) is 97.1 Å². The highest BCUT2D eigenvalue weighted by Gasteiger charge is 2.75. The molecule has 3 saturated heterocycles. The lowest BCUT2D eigenvalue weighted by Gasteiger charge is -2.46. The van der Waals surface area contributed by atoms with E-state index in [1.165, 1.54) is 6.26 Å². The fraction of sp³-hybridized carbons (Fsp3) is 0.526. The molecule has 2 bridgehead atoms. The number of hydrogen-bond donors (Lipinski definition) is 1. The fourth-order valence-corrected chi connectivity index (χ4v) is 5.65. The van der Waals surface area contributed by atoms with Gasteiger partial charge in [0.1, 0.15) is 23.1 Å². The second kappa shape index (κ2) is 4.85. The Morgan fingerprint density at radius 2 is 2.04 bits per heavy atom. The molecule has 26 heavy (non-hydrogen) atoms. The standard InChI is InChI=1S/C19H19NO6/c1-8-14(11-4-3-7-25-11)20-16(9(2)15(8)21)19-6-5-10(26-19)12(18(23)24)13(19)17(20)22/h3-10,12-14,16H,1-2H3,(H,23,24)/t8-,9-,10+,12-,13-,14+,16+,19-/m0/s1. The summed E-state index contributed by atoms with van der Waals surface area (Å²) in [5.41, 5.74) is -1.05. The summed E-state index contributed by atoms with van der Waals surface area (Å²) in [5, 5.41) is 9.68. The number of carbonyl (C=O) groups is 3. The molecule has 1 aromatic heterocycles. The zero-order valence-electron chi connectivity index (χ0n) is 14.4. The van der Waals surface area contributed by atoms with Crippen LogP contribution in [0.4, 0.5) is 0 Å². The Balaban J connectivity index is 1.69. The number of hydrogen-bond acceptors (Lipinski definition) is 5. The largest absolute Gasteiger partial charge is 0.481 e. The van der Waals surface area contributed by atoms with Crippen LogP contribution in [0.15, 0.2) is 35.0 Å². The summed E-state index contributed by atoms with van der Waals surface area (Å²) in [5.74, 6) is -3.33. The summed E-state index contributed by atoms with van der Waals surface area (Å²) < 4.78 is 11.6. The smallest absolute Gasteiger partial charge is 0.310 e. The number of carboxylic acids is 1. The van der Waals surface area contributed by atoms with Gasteiger partial charge in [-0.2, -0.15) is 0 Å². The number of ether oxygens (including phenoxy) is 1. The molecule has 0 unspecified atom stereocenters. The molecular weight excluding hydrogens is 338 g/mol. The van der Waals surface area contributed by atoms with Crippen LogP contribution in [0, 0.1) is 23.7 Å². The highest BCUT2D eigenvalue weighted by Crippen LogP contribution is 2.60. The monoisotopic (exact) mass is 357 g/mol. The highest BCUT2D eigenvalue weighted by molar-refractivity contribution is 5.96. The van der Waals surface area contributed by atoms with Crippen molar-refractivity contribution in [1.29, 1.82) is 0 Å². The van der Waals surface area contributed by atoms with Gasteiger partial charge in [0.25, 0.3) is 0 Å².